The Kier molecular flexibility index (Phi) is 4.79. The molecule has 0 saturated carbocycles. The Labute approximate surface area is 103 Å². The van der Waals surface area contributed by atoms with E-state index in [1.54, 1.807) is 11.6 Å². The van der Waals surface area contributed by atoms with Crippen LogP contribution < -0.4 is 5.73 Å². The number of rotatable bonds is 5. The van der Waals surface area contributed by atoms with E-state index in [2.05, 4.69) is 28.0 Å². The summed E-state index contributed by atoms with van der Waals surface area (Å²) in [6, 6.07) is 0. The molecule has 0 atom stereocenters. The van der Waals surface area contributed by atoms with Gasteiger partial charge in [-0.25, -0.2) is 4.79 Å². The molecule has 5 nitrogen and oxygen atoms in total. The molecule has 0 saturated heterocycles. The van der Waals surface area contributed by atoms with Crippen molar-refractivity contribution in [2.24, 2.45) is 0 Å². The van der Waals surface area contributed by atoms with Crippen molar-refractivity contribution in [1.82, 2.24) is 9.78 Å². The number of ether oxygens (including phenoxy) is 1. The zero-order valence-corrected chi connectivity index (χ0v) is 11.1. The minimum absolute atomic E-state index is 0.210. The van der Waals surface area contributed by atoms with E-state index in [0.29, 0.717) is 16.8 Å². The number of nitrogens with zero attached hydrogens (tertiary/aromatic N) is 2. The van der Waals surface area contributed by atoms with Crippen molar-refractivity contribution in [3.8, 4) is 0 Å². The van der Waals surface area contributed by atoms with Crippen LogP contribution in [0.15, 0.2) is 4.60 Å². The van der Waals surface area contributed by atoms with Gasteiger partial charge in [0.15, 0.2) is 5.82 Å². The maximum absolute atomic E-state index is 11.6. The van der Waals surface area contributed by atoms with E-state index in [4.69, 9.17) is 10.5 Å². The van der Waals surface area contributed by atoms with Gasteiger partial charge < -0.3 is 10.5 Å². The van der Waals surface area contributed by atoms with E-state index in [-0.39, 0.29) is 5.82 Å². The van der Waals surface area contributed by atoms with Gasteiger partial charge in [-0.1, -0.05) is 13.3 Å². The molecule has 1 aromatic rings. The lowest BCUT2D eigenvalue weighted by atomic mass is 10.3. The van der Waals surface area contributed by atoms with Gasteiger partial charge in [-0.15, -0.1) is 0 Å². The topological polar surface area (TPSA) is 70.1 Å². The van der Waals surface area contributed by atoms with Crippen molar-refractivity contribution in [1.29, 1.82) is 0 Å². The number of carbonyl (C=O) groups is 1. The Morgan fingerprint density at radius 2 is 2.25 bits per heavy atom. The first-order valence-corrected chi connectivity index (χ1v) is 6.10. The van der Waals surface area contributed by atoms with E-state index >= 15 is 0 Å². The highest BCUT2D eigenvalue weighted by molar-refractivity contribution is 9.10. The predicted molar refractivity (Wildman–Crippen MR) is 65.2 cm³/mol. The smallest absolute Gasteiger partial charge is 0.344 e. The molecule has 0 fully saturated rings. The summed E-state index contributed by atoms with van der Waals surface area (Å²) in [5.74, 6) is -0.226. The standard InChI is InChI=1S/C10H16BrN3O2/c1-3-5-6-14-8(11)7(9(12)13-14)10(15)16-4-2/h3-6H2,1-2H3,(H2,12,13). The summed E-state index contributed by atoms with van der Waals surface area (Å²) in [4.78, 5) is 11.6. The highest BCUT2D eigenvalue weighted by atomic mass is 79.9. The molecule has 0 spiro atoms. The molecule has 1 aromatic heterocycles. The lowest BCUT2D eigenvalue weighted by Gasteiger charge is -2.02. The number of hydrogen-bond acceptors (Lipinski definition) is 4. The summed E-state index contributed by atoms with van der Waals surface area (Å²) >= 11 is 3.32. The molecular weight excluding hydrogens is 274 g/mol. The van der Waals surface area contributed by atoms with Crippen LogP contribution in [0.2, 0.25) is 0 Å². The van der Waals surface area contributed by atoms with Gasteiger partial charge in [-0.3, -0.25) is 4.68 Å². The molecule has 0 unspecified atom stereocenters. The van der Waals surface area contributed by atoms with Crippen LogP contribution in [0.25, 0.3) is 0 Å². The van der Waals surface area contributed by atoms with Crippen molar-refractivity contribution >= 4 is 27.7 Å². The van der Waals surface area contributed by atoms with Crippen LogP contribution in [0.3, 0.4) is 0 Å². The van der Waals surface area contributed by atoms with Crippen molar-refractivity contribution < 1.29 is 9.53 Å². The van der Waals surface area contributed by atoms with E-state index in [1.165, 1.54) is 0 Å². The zero-order chi connectivity index (χ0) is 12.1. The number of aryl methyl sites for hydroxylation is 1. The minimum atomic E-state index is -0.436. The van der Waals surface area contributed by atoms with E-state index in [1.807, 2.05) is 0 Å². The maximum atomic E-state index is 11.6. The lowest BCUT2D eigenvalue weighted by Crippen LogP contribution is -2.07. The van der Waals surface area contributed by atoms with Gasteiger partial charge in [0.05, 0.1) is 6.61 Å². The van der Waals surface area contributed by atoms with Crippen molar-refractivity contribution in [3.05, 3.63) is 10.2 Å². The Bertz CT molecular complexity index is 376. The van der Waals surface area contributed by atoms with E-state index in [9.17, 15) is 4.79 Å². The minimum Gasteiger partial charge on any atom is -0.462 e. The second-order valence-electron chi connectivity index (χ2n) is 3.35. The van der Waals surface area contributed by atoms with Gasteiger partial charge in [0.2, 0.25) is 0 Å². The van der Waals surface area contributed by atoms with Crippen LogP contribution in [-0.4, -0.2) is 22.4 Å². The summed E-state index contributed by atoms with van der Waals surface area (Å²) in [6.45, 7) is 4.90. The van der Waals surface area contributed by atoms with Gasteiger partial charge in [0.25, 0.3) is 0 Å². The molecule has 0 aliphatic carbocycles. The molecule has 90 valence electrons. The molecule has 16 heavy (non-hydrogen) atoms. The Morgan fingerprint density at radius 3 is 2.81 bits per heavy atom. The fourth-order valence-corrected chi connectivity index (χ4v) is 1.93. The van der Waals surface area contributed by atoms with Crippen LogP contribution in [-0.2, 0) is 11.3 Å². The van der Waals surface area contributed by atoms with Gasteiger partial charge in [0, 0.05) is 6.54 Å². The number of carbonyl (C=O) groups excluding carboxylic acids is 1. The summed E-state index contributed by atoms with van der Waals surface area (Å²) < 4.78 is 7.19. The van der Waals surface area contributed by atoms with Crippen molar-refractivity contribution in [3.63, 3.8) is 0 Å². The van der Waals surface area contributed by atoms with Crippen LogP contribution in [0.1, 0.15) is 37.0 Å². The molecule has 0 bridgehead atoms. The Morgan fingerprint density at radius 1 is 1.56 bits per heavy atom. The number of hydrogen-bond donors (Lipinski definition) is 1. The van der Waals surface area contributed by atoms with Gasteiger partial charge in [-0.2, -0.15) is 5.10 Å². The molecule has 0 radical (unpaired) electrons. The molecule has 0 aromatic carbocycles. The lowest BCUT2D eigenvalue weighted by molar-refractivity contribution is 0.0526. The molecular formula is C10H16BrN3O2. The Hall–Kier alpha value is -1.04. The number of nitrogen functional groups attached to an aromatic ring is 1. The first kappa shape index (κ1) is 13.0. The fraction of sp³-hybridized carbons (Fsp3) is 0.600. The molecule has 0 amide bonds. The van der Waals surface area contributed by atoms with E-state index in [0.717, 1.165) is 19.4 Å². The third-order valence-corrected chi connectivity index (χ3v) is 2.93. The molecule has 1 rings (SSSR count). The zero-order valence-electron chi connectivity index (χ0n) is 9.49. The number of esters is 1. The summed E-state index contributed by atoms with van der Waals surface area (Å²) in [7, 11) is 0. The van der Waals surface area contributed by atoms with Crippen LogP contribution in [0.5, 0.6) is 0 Å². The number of anilines is 1. The highest BCUT2D eigenvalue weighted by Crippen LogP contribution is 2.23. The SMILES string of the molecule is CCCCn1nc(N)c(C(=O)OCC)c1Br. The highest BCUT2D eigenvalue weighted by Gasteiger charge is 2.21. The second-order valence-corrected chi connectivity index (χ2v) is 4.10. The fourth-order valence-electron chi connectivity index (χ4n) is 1.31. The average molecular weight is 290 g/mol. The first-order chi connectivity index (χ1) is 7.61. The summed E-state index contributed by atoms with van der Waals surface area (Å²) in [5, 5.41) is 4.10. The number of aromatic nitrogens is 2. The van der Waals surface area contributed by atoms with Crippen molar-refractivity contribution in [2.75, 3.05) is 12.3 Å². The monoisotopic (exact) mass is 289 g/mol. The second kappa shape index (κ2) is 5.89. The number of halogens is 1. The third-order valence-electron chi connectivity index (χ3n) is 2.12. The predicted octanol–water partition coefficient (Wildman–Crippen LogP) is 2.20. The van der Waals surface area contributed by atoms with Gasteiger partial charge in [-0.05, 0) is 29.3 Å². The number of unbranched alkanes of at least 4 members (excludes halogenated alkanes) is 1. The summed E-state index contributed by atoms with van der Waals surface area (Å²) in [5.41, 5.74) is 6.00. The average Bonchev–Trinajstić information content (AvgIpc) is 2.51. The van der Waals surface area contributed by atoms with Crippen LogP contribution in [0, 0.1) is 0 Å². The van der Waals surface area contributed by atoms with Gasteiger partial charge in [0.1, 0.15) is 10.2 Å². The molecule has 0 aliphatic heterocycles. The van der Waals surface area contributed by atoms with Crippen molar-refractivity contribution in [2.45, 2.75) is 33.2 Å². The van der Waals surface area contributed by atoms with E-state index < -0.39 is 5.97 Å². The number of nitrogens with two attached hydrogens (primary N) is 1. The maximum Gasteiger partial charge on any atom is 0.344 e. The largest absolute Gasteiger partial charge is 0.462 e. The van der Waals surface area contributed by atoms with Gasteiger partial charge >= 0.3 is 5.97 Å². The molecule has 2 N–H and O–H groups in total. The van der Waals surface area contributed by atoms with Crippen LogP contribution >= 0.6 is 15.9 Å². The third kappa shape index (κ3) is 2.75. The van der Waals surface area contributed by atoms with Crippen LogP contribution in [0.4, 0.5) is 5.82 Å². The Balaban J connectivity index is 2.92. The molecule has 0 aliphatic rings. The quantitative estimate of drug-likeness (QED) is 0.844. The first-order valence-electron chi connectivity index (χ1n) is 5.30. The molecule has 1 heterocycles. The molecule has 6 heteroatoms. The summed E-state index contributed by atoms with van der Waals surface area (Å²) in [6.07, 6.45) is 2.04. The normalized spacial score (nSPS) is 10.4.